The van der Waals surface area contributed by atoms with E-state index < -0.39 is 23.9 Å². The van der Waals surface area contributed by atoms with E-state index in [9.17, 15) is 23.1 Å². The van der Waals surface area contributed by atoms with E-state index in [1.54, 1.807) is 0 Å². The topological polar surface area (TPSA) is 72.6 Å². The second-order valence-electron chi connectivity index (χ2n) is 3.25. The van der Waals surface area contributed by atoms with Gasteiger partial charge in [0.05, 0.1) is 5.56 Å². The molecule has 94 valence electrons. The van der Waals surface area contributed by atoms with Crippen molar-refractivity contribution in [1.29, 1.82) is 0 Å². The Labute approximate surface area is 94.8 Å². The van der Waals surface area contributed by atoms with Gasteiger partial charge in [-0.2, -0.15) is 13.2 Å². The highest BCUT2D eigenvalue weighted by atomic mass is 19.4. The molecule has 4 nitrogen and oxygen atoms in total. The van der Waals surface area contributed by atoms with Crippen molar-refractivity contribution in [2.24, 2.45) is 5.73 Å². The zero-order valence-electron chi connectivity index (χ0n) is 8.78. The van der Waals surface area contributed by atoms with Crippen LogP contribution < -0.4 is 5.73 Å². The molecule has 1 atom stereocenters. The fraction of sp³-hybridized carbons (Fsp3) is 0.300. The normalized spacial score (nSPS) is 13.5. The number of methoxy groups -OCH3 is 1. The molecule has 0 aliphatic rings. The average Bonchev–Trinajstić information content (AvgIpc) is 2.25. The van der Waals surface area contributed by atoms with Crippen LogP contribution in [0.5, 0.6) is 0 Å². The molecule has 0 aliphatic heterocycles. The van der Waals surface area contributed by atoms with E-state index in [0.29, 0.717) is 12.1 Å². The maximum absolute atomic E-state index is 12.4. The third-order valence-electron chi connectivity index (χ3n) is 2.13. The third-order valence-corrected chi connectivity index (χ3v) is 2.13. The van der Waals surface area contributed by atoms with Crippen LogP contribution in [0.2, 0.25) is 0 Å². The lowest BCUT2D eigenvalue weighted by Crippen LogP contribution is -2.18. The van der Waals surface area contributed by atoms with Gasteiger partial charge in [0.2, 0.25) is 5.91 Å². The van der Waals surface area contributed by atoms with Crippen molar-refractivity contribution < 1.29 is 27.8 Å². The van der Waals surface area contributed by atoms with Crippen LogP contribution in [0.4, 0.5) is 13.2 Å². The molecule has 0 bridgehead atoms. The van der Waals surface area contributed by atoms with Gasteiger partial charge in [0.25, 0.3) is 0 Å². The predicted molar refractivity (Wildman–Crippen MR) is 51.9 cm³/mol. The molecule has 0 spiro atoms. The molecule has 0 saturated carbocycles. The van der Waals surface area contributed by atoms with E-state index in [0.717, 1.165) is 13.2 Å². The molecule has 7 heteroatoms. The Hall–Kier alpha value is -1.60. The summed E-state index contributed by atoms with van der Waals surface area (Å²) in [5.41, 5.74) is 3.46. The molecular formula is C10H10F3NO3. The number of halogens is 3. The minimum atomic E-state index is -4.57. The minimum absolute atomic E-state index is 0.215. The molecule has 0 saturated heterocycles. The summed E-state index contributed by atoms with van der Waals surface area (Å²) in [5.74, 6) is -0.940. The quantitative estimate of drug-likeness (QED) is 0.796. The number of aliphatic hydroxyl groups excluding tert-OH is 1. The Morgan fingerprint density at radius 1 is 1.47 bits per heavy atom. The zero-order valence-corrected chi connectivity index (χ0v) is 8.78. The van der Waals surface area contributed by atoms with Gasteiger partial charge in [-0.1, -0.05) is 0 Å². The fourth-order valence-electron chi connectivity index (χ4n) is 1.29. The van der Waals surface area contributed by atoms with Crippen LogP contribution in [-0.2, 0) is 10.9 Å². The minimum Gasteiger partial charge on any atom is -0.366 e. The van der Waals surface area contributed by atoms with Gasteiger partial charge in [-0.25, -0.2) is 0 Å². The number of hydrogen-bond acceptors (Lipinski definition) is 3. The second-order valence-corrected chi connectivity index (χ2v) is 3.25. The van der Waals surface area contributed by atoms with Crippen LogP contribution in [-0.4, -0.2) is 18.1 Å². The molecule has 17 heavy (non-hydrogen) atoms. The Bertz CT molecular complexity index is 431. The monoisotopic (exact) mass is 249 g/mol. The molecule has 1 aromatic rings. The molecular weight excluding hydrogens is 239 g/mol. The molecule has 0 radical (unpaired) electrons. The molecule has 1 rings (SSSR count). The van der Waals surface area contributed by atoms with Gasteiger partial charge in [0.1, 0.15) is 0 Å². The summed E-state index contributed by atoms with van der Waals surface area (Å²) in [6.07, 6.45) is -6.21. The van der Waals surface area contributed by atoms with Crippen LogP contribution >= 0.6 is 0 Å². The van der Waals surface area contributed by atoms with E-state index in [1.807, 2.05) is 0 Å². The summed E-state index contributed by atoms with van der Waals surface area (Å²) >= 11 is 0. The first-order valence-corrected chi connectivity index (χ1v) is 4.49. The van der Waals surface area contributed by atoms with Crippen LogP contribution in [0.15, 0.2) is 18.2 Å². The van der Waals surface area contributed by atoms with Gasteiger partial charge in [-0.05, 0) is 18.2 Å². The number of benzene rings is 1. The average molecular weight is 249 g/mol. The molecule has 0 aliphatic carbocycles. The lowest BCUT2D eigenvalue weighted by Gasteiger charge is -2.15. The van der Waals surface area contributed by atoms with Crippen molar-refractivity contribution in [3.63, 3.8) is 0 Å². The summed E-state index contributed by atoms with van der Waals surface area (Å²) in [6.45, 7) is 0. The first-order valence-electron chi connectivity index (χ1n) is 4.49. The standard InChI is InChI=1S/C10H10F3NO3/c1-17-9(16)7-4-5(10(11,12)13)2-3-6(7)8(14)15/h2-4,9,16H,1H3,(H2,14,15). The molecule has 0 heterocycles. The van der Waals surface area contributed by atoms with E-state index in [4.69, 9.17) is 5.73 Å². The highest BCUT2D eigenvalue weighted by molar-refractivity contribution is 5.94. The van der Waals surface area contributed by atoms with Gasteiger partial charge >= 0.3 is 6.18 Å². The van der Waals surface area contributed by atoms with Crippen molar-refractivity contribution >= 4 is 5.91 Å². The van der Waals surface area contributed by atoms with E-state index in [-0.39, 0.29) is 11.1 Å². The number of rotatable bonds is 3. The number of carbonyl (C=O) groups is 1. The lowest BCUT2D eigenvalue weighted by molar-refractivity contribution is -0.138. The van der Waals surface area contributed by atoms with Crippen LogP contribution in [0.3, 0.4) is 0 Å². The smallest absolute Gasteiger partial charge is 0.366 e. The maximum Gasteiger partial charge on any atom is 0.416 e. The Kier molecular flexibility index (Phi) is 3.74. The Balaban J connectivity index is 3.34. The van der Waals surface area contributed by atoms with E-state index >= 15 is 0 Å². The van der Waals surface area contributed by atoms with Gasteiger partial charge < -0.3 is 15.6 Å². The highest BCUT2D eigenvalue weighted by Crippen LogP contribution is 2.32. The SMILES string of the molecule is COC(O)c1cc(C(F)(F)F)ccc1C(N)=O. The predicted octanol–water partition coefficient (Wildman–Crippen LogP) is 1.44. The second kappa shape index (κ2) is 4.72. The van der Waals surface area contributed by atoms with Crippen molar-refractivity contribution in [2.45, 2.75) is 12.5 Å². The number of ether oxygens (including phenoxy) is 1. The third kappa shape index (κ3) is 2.95. The zero-order chi connectivity index (χ0) is 13.2. The first kappa shape index (κ1) is 13.5. The number of primary amides is 1. The Morgan fingerprint density at radius 2 is 2.06 bits per heavy atom. The van der Waals surface area contributed by atoms with Crippen LogP contribution in [0.1, 0.15) is 27.8 Å². The van der Waals surface area contributed by atoms with E-state index in [1.165, 1.54) is 0 Å². The van der Waals surface area contributed by atoms with Crippen LogP contribution in [0.25, 0.3) is 0 Å². The van der Waals surface area contributed by atoms with Gasteiger partial charge in [-0.3, -0.25) is 4.79 Å². The van der Waals surface area contributed by atoms with Crippen molar-refractivity contribution in [2.75, 3.05) is 7.11 Å². The largest absolute Gasteiger partial charge is 0.416 e. The van der Waals surface area contributed by atoms with Gasteiger partial charge in [0, 0.05) is 18.2 Å². The summed E-state index contributed by atoms with van der Waals surface area (Å²) in [4.78, 5) is 11.0. The number of aliphatic hydroxyl groups is 1. The summed E-state index contributed by atoms with van der Waals surface area (Å²) in [5, 5.41) is 9.35. The summed E-state index contributed by atoms with van der Waals surface area (Å²) in [6, 6.07) is 2.25. The number of carbonyl (C=O) groups excluding carboxylic acids is 1. The number of hydrogen-bond donors (Lipinski definition) is 2. The molecule has 1 amide bonds. The maximum atomic E-state index is 12.4. The van der Waals surface area contributed by atoms with E-state index in [2.05, 4.69) is 4.74 Å². The lowest BCUT2D eigenvalue weighted by atomic mass is 10.0. The van der Waals surface area contributed by atoms with Crippen molar-refractivity contribution in [3.8, 4) is 0 Å². The van der Waals surface area contributed by atoms with Crippen molar-refractivity contribution in [1.82, 2.24) is 0 Å². The molecule has 3 N–H and O–H groups in total. The number of amides is 1. The molecule has 0 aromatic heterocycles. The van der Waals surface area contributed by atoms with Crippen LogP contribution in [0, 0.1) is 0 Å². The number of nitrogens with two attached hydrogens (primary N) is 1. The summed E-state index contributed by atoms with van der Waals surface area (Å²) < 4.78 is 41.8. The Morgan fingerprint density at radius 3 is 2.47 bits per heavy atom. The molecule has 1 unspecified atom stereocenters. The molecule has 0 fully saturated rings. The van der Waals surface area contributed by atoms with Crippen molar-refractivity contribution in [3.05, 3.63) is 34.9 Å². The fourth-order valence-corrected chi connectivity index (χ4v) is 1.29. The summed E-state index contributed by atoms with van der Waals surface area (Å²) in [7, 11) is 1.09. The van der Waals surface area contributed by atoms with Gasteiger partial charge in [-0.15, -0.1) is 0 Å². The number of alkyl halides is 3. The first-order chi connectivity index (χ1) is 7.77. The highest BCUT2D eigenvalue weighted by Gasteiger charge is 2.32. The molecule has 1 aromatic carbocycles. The van der Waals surface area contributed by atoms with Gasteiger partial charge in [0.15, 0.2) is 6.29 Å².